The molecule has 2 heteroatoms. The van der Waals surface area contributed by atoms with Gasteiger partial charge in [-0.2, -0.15) is 0 Å². The molecule has 0 amide bonds. The van der Waals surface area contributed by atoms with Crippen LogP contribution in [0, 0.1) is 5.92 Å². The minimum atomic E-state index is 0.144. The van der Waals surface area contributed by atoms with Gasteiger partial charge in [0.15, 0.2) is 5.78 Å². The number of rotatable bonds is 5. The highest BCUT2D eigenvalue weighted by molar-refractivity contribution is 5.96. The predicted molar refractivity (Wildman–Crippen MR) is 73.1 cm³/mol. The molecule has 0 aromatic heterocycles. The Bertz CT molecular complexity index is 403. The van der Waals surface area contributed by atoms with Crippen molar-refractivity contribution < 1.29 is 9.53 Å². The van der Waals surface area contributed by atoms with Gasteiger partial charge in [-0.25, -0.2) is 0 Å². The number of Topliss-reactive ketones (excluding diaryl/α,β-unsaturated/α-hetero) is 1. The summed E-state index contributed by atoms with van der Waals surface area (Å²) in [4.78, 5) is 12.2. The summed E-state index contributed by atoms with van der Waals surface area (Å²) in [5.74, 6) is 1.66. The summed E-state index contributed by atoms with van der Waals surface area (Å²) in [6.07, 6.45) is 5.85. The molecule has 0 atom stereocenters. The van der Waals surface area contributed by atoms with Gasteiger partial charge in [0.1, 0.15) is 5.75 Å². The molecular weight excluding hydrogens is 224 g/mol. The molecule has 18 heavy (non-hydrogen) atoms. The Labute approximate surface area is 109 Å². The van der Waals surface area contributed by atoms with Crippen molar-refractivity contribution in [3.8, 4) is 5.75 Å². The van der Waals surface area contributed by atoms with Gasteiger partial charge < -0.3 is 4.74 Å². The lowest BCUT2D eigenvalue weighted by Crippen LogP contribution is -2.08. The minimum Gasteiger partial charge on any atom is -0.491 e. The van der Waals surface area contributed by atoms with E-state index in [4.69, 9.17) is 4.74 Å². The smallest absolute Gasteiger partial charge is 0.163 e. The van der Waals surface area contributed by atoms with Crippen LogP contribution in [0.5, 0.6) is 5.75 Å². The molecule has 0 radical (unpaired) electrons. The van der Waals surface area contributed by atoms with Gasteiger partial charge in [-0.3, -0.25) is 4.79 Å². The molecule has 0 heterocycles. The van der Waals surface area contributed by atoms with E-state index in [2.05, 4.69) is 0 Å². The summed E-state index contributed by atoms with van der Waals surface area (Å²) in [6.45, 7) is 3.99. The zero-order chi connectivity index (χ0) is 13.0. The topological polar surface area (TPSA) is 26.3 Å². The van der Waals surface area contributed by atoms with Gasteiger partial charge in [0.2, 0.25) is 0 Å². The van der Waals surface area contributed by atoms with Crippen LogP contribution in [-0.4, -0.2) is 11.9 Å². The Balaban J connectivity index is 2.00. The largest absolute Gasteiger partial charge is 0.491 e. The van der Waals surface area contributed by atoms with Crippen molar-refractivity contribution in [1.82, 2.24) is 0 Å². The first-order valence-corrected chi connectivity index (χ1v) is 6.95. The second-order valence-corrected chi connectivity index (χ2v) is 5.47. The Kier molecular flexibility index (Phi) is 4.40. The minimum absolute atomic E-state index is 0.144. The Morgan fingerprint density at radius 3 is 2.72 bits per heavy atom. The number of benzene rings is 1. The van der Waals surface area contributed by atoms with Gasteiger partial charge in [0.05, 0.1) is 6.10 Å². The summed E-state index contributed by atoms with van der Waals surface area (Å²) in [5.41, 5.74) is 0.792. The highest BCUT2D eigenvalue weighted by atomic mass is 16.5. The lowest BCUT2D eigenvalue weighted by atomic mass is 9.97. The van der Waals surface area contributed by atoms with Crippen molar-refractivity contribution in [2.75, 3.05) is 0 Å². The van der Waals surface area contributed by atoms with Crippen molar-refractivity contribution in [2.45, 2.75) is 52.1 Å². The summed E-state index contributed by atoms with van der Waals surface area (Å²) in [6, 6.07) is 7.58. The van der Waals surface area contributed by atoms with E-state index in [0.717, 1.165) is 11.3 Å². The van der Waals surface area contributed by atoms with E-state index in [1.807, 2.05) is 38.1 Å². The summed E-state index contributed by atoms with van der Waals surface area (Å²) < 4.78 is 5.62. The van der Waals surface area contributed by atoms with Gasteiger partial charge in [0.25, 0.3) is 0 Å². The van der Waals surface area contributed by atoms with Crippen LogP contribution in [0.1, 0.15) is 56.3 Å². The number of ketones is 1. The zero-order valence-electron chi connectivity index (χ0n) is 11.3. The van der Waals surface area contributed by atoms with Crippen LogP contribution in [-0.2, 0) is 0 Å². The van der Waals surface area contributed by atoms with Gasteiger partial charge in [-0.1, -0.05) is 37.8 Å². The van der Waals surface area contributed by atoms with Crippen LogP contribution in [0.2, 0.25) is 0 Å². The maximum atomic E-state index is 12.2. The van der Waals surface area contributed by atoms with Crippen LogP contribution in [0.4, 0.5) is 0 Å². The van der Waals surface area contributed by atoms with Gasteiger partial charge in [-0.15, -0.1) is 0 Å². The fraction of sp³-hybridized carbons (Fsp3) is 0.562. The second-order valence-electron chi connectivity index (χ2n) is 5.47. The Hall–Kier alpha value is -1.31. The number of carbonyl (C=O) groups is 1. The van der Waals surface area contributed by atoms with Crippen molar-refractivity contribution in [3.05, 3.63) is 29.8 Å². The fourth-order valence-electron chi connectivity index (χ4n) is 2.61. The zero-order valence-corrected chi connectivity index (χ0v) is 11.3. The van der Waals surface area contributed by atoms with Crippen molar-refractivity contribution >= 4 is 5.78 Å². The standard InChI is InChI=1S/C16H22O2/c1-12(2)18-15-9-5-8-14(11-15)16(17)10-13-6-3-4-7-13/h5,8-9,11-13H,3-4,6-7,10H2,1-2H3. The van der Waals surface area contributed by atoms with Crippen LogP contribution >= 0.6 is 0 Å². The number of ether oxygens (including phenoxy) is 1. The third-order valence-electron chi connectivity index (χ3n) is 3.48. The third-order valence-corrected chi connectivity index (χ3v) is 3.48. The molecule has 0 saturated heterocycles. The first-order valence-electron chi connectivity index (χ1n) is 6.95. The molecule has 2 rings (SSSR count). The van der Waals surface area contributed by atoms with Gasteiger partial charge in [-0.05, 0) is 31.9 Å². The molecule has 0 unspecified atom stereocenters. The fourth-order valence-corrected chi connectivity index (χ4v) is 2.61. The lowest BCUT2D eigenvalue weighted by molar-refractivity contribution is 0.0961. The second kappa shape index (κ2) is 6.03. The lowest BCUT2D eigenvalue weighted by Gasteiger charge is -2.11. The molecule has 2 nitrogen and oxygen atoms in total. The molecule has 1 saturated carbocycles. The molecule has 0 N–H and O–H groups in total. The van der Waals surface area contributed by atoms with Gasteiger partial charge in [0, 0.05) is 12.0 Å². The Morgan fingerprint density at radius 1 is 1.33 bits per heavy atom. The van der Waals surface area contributed by atoms with Gasteiger partial charge >= 0.3 is 0 Å². The molecule has 98 valence electrons. The molecule has 1 aliphatic carbocycles. The molecule has 0 aliphatic heterocycles. The highest BCUT2D eigenvalue weighted by Crippen LogP contribution is 2.29. The van der Waals surface area contributed by atoms with Crippen molar-refractivity contribution in [1.29, 1.82) is 0 Å². The molecule has 1 aromatic carbocycles. The SMILES string of the molecule is CC(C)Oc1cccc(C(=O)CC2CCCC2)c1. The maximum absolute atomic E-state index is 12.2. The molecule has 1 aliphatic rings. The summed E-state index contributed by atoms with van der Waals surface area (Å²) in [7, 11) is 0. The summed E-state index contributed by atoms with van der Waals surface area (Å²) >= 11 is 0. The van der Waals surface area contributed by atoms with E-state index in [0.29, 0.717) is 12.3 Å². The van der Waals surface area contributed by atoms with E-state index in [1.54, 1.807) is 0 Å². The van der Waals surface area contributed by atoms with Crippen LogP contribution in [0.3, 0.4) is 0 Å². The molecular formula is C16H22O2. The average molecular weight is 246 g/mol. The molecule has 1 aromatic rings. The molecule has 1 fully saturated rings. The predicted octanol–water partition coefficient (Wildman–Crippen LogP) is 4.24. The third kappa shape index (κ3) is 3.59. The van der Waals surface area contributed by atoms with Crippen LogP contribution in [0.25, 0.3) is 0 Å². The number of hydrogen-bond acceptors (Lipinski definition) is 2. The summed E-state index contributed by atoms with van der Waals surface area (Å²) in [5, 5.41) is 0. The van der Waals surface area contributed by atoms with E-state index in [1.165, 1.54) is 25.7 Å². The number of hydrogen-bond donors (Lipinski definition) is 0. The van der Waals surface area contributed by atoms with Crippen molar-refractivity contribution in [2.24, 2.45) is 5.92 Å². The molecule has 0 spiro atoms. The van der Waals surface area contributed by atoms with Crippen LogP contribution < -0.4 is 4.74 Å². The quantitative estimate of drug-likeness (QED) is 0.726. The van der Waals surface area contributed by atoms with Crippen LogP contribution in [0.15, 0.2) is 24.3 Å². The van der Waals surface area contributed by atoms with E-state index in [-0.39, 0.29) is 11.9 Å². The number of carbonyl (C=O) groups excluding carboxylic acids is 1. The molecule has 0 bridgehead atoms. The average Bonchev–Trinajstić information content (AvgIpc) is 2.81. The van der Waals surface area contributed by atoms with E-state index < -0.39 is 0 Å². The van der Waals surface area contributed by atoms with E-state index >= 15 is 0 Å². The monoisotopic (exact) mass is 246 g/mol. The Morgan fingerprint density at radius 2 is 2.06 bits per heavy atom. The van der Waals surface area contributed by atoms with Crippen molar-refractivity contribution in [3.63, 3.8) is 0 Å². The van der Waals surface area contributed by atoms with E-state index in [9.17, 15) is 4.79 Å². The normalized spacial score (nSPS) is 16.2. The first kappa shape index (κ1) is 13.1. The highest BCUT2D eigenvalue weighted by Gasteiger charge is 2.19. The maximum Gasteiger partial charge on any atom is 0.163 e. The first-order chi connectivity index (χ1) is 8.65.